The predicted molar refractivity (Wildman–Crippen MR) is 62.3 cm³/mol. The molecule has 4 nitrogen and oxygen atoms in total. The number of carbonyl (C=O) groups excluding carboxylic acids is 1. The number of nitriles is 1. The molecule has 0 atom stereocenters. The Morgan fingerprint density at radius 1 is 1.53 bits per heavy atom. The van der Waals surface area contributed by atoms with Crippen molar-refractivity contribution in [3.05, 3.63) is 28.8 Å². The zero-order valence-electron chi connectivity index (χ0n) is 9.75. The summed E-state index contributed by atoms with van der Waals surface area (Å²) in [7, 11) is 1.08. The van der Waals surface area contributed by atoms with Gasteiger partial charge in [0.1, 0.15) is 6.07 Å². The molecule has 0 fully saturated rings. The average Bonchev–Trinajstić information content (AvgIpc) is 2.34. The highest BCUT2D eigenvalue weighted by molar-refractivity contribution is 8.00. The smallest absolute Gasteiger partial charge is 0.446 e. The van der Waals surface area contributed by atoms with Crippen LogP contribution in [0.25, 0.3) is 0 Å². The highest BCUT2D eigenvalue weighted by Crippen LogP contribution is 2.39. The number of benzene rings is 1. The third kappa shape index (κ3) is 3.87. The van der Waals surface area contributed by atoms with Crippen LogP contribution in [0.2, 0.25) is 0 Å². The molecule has 19 heavy (non-hydrogen) atoms. The van der Waals surface area contributed by atoms with Crippen LogP contribution in [0.3, 0.4) is 0 Å². The Labute approximate surface area is 111 Å². The quantitative estimate of drug-likeness (QED) is 0.683. The van der Waals surface area contributed by atoms with E-state index in [0.717, 1.165) is 13.2 Å². The van der Waals surface area contributed by atoms with Gasteiger partial charge in [-0.2, -0.15) is 18.4 Å². The van der Waals surface area contributed by atoms with Crippen LogP contribution in [-0.4, -0.2) is 18.6 Å². The zero-order valence-corrected chi connectivity index (χ0v) is 10.6. The molecule has 0 spiro atoms. The summed E-state index contributed by atoms with van der Waals surface area (Å²) in [6.45, 7) is -0.0544. The molecule has 0 saturated carbocycles. The number of esters is 1. The van der Waals surface area contributed by atoms with Crippen LogP contribution in [0.15, 0.2) is 17.0 Å². The van der Waals surface area contributed by atoms with Crippen molar-refractivity contribution in [1.29, 1.82) is 5.26 Å². The number of halogens is 3. The molecule has 0 aliphatic rings. The van der Waals surface area contributed by atoms with E-state index in [4.69, 9.17) is 11.0 Å². The molecule has 1 aromatic rings. The van der Waals surface area contributed by atoms with Crippen molar-refractivity contribution in [2.24, 2.45) is 5.73 Å². The lowest BCUT2D eigenvalue weighted by atomic mass is 10.0. The summed E-state index contributed by atoms with van der Waals surface area (Å²) in [6.07, 6.45) is 0. The lowest BCUT2D eigenvalue weighted by molar-refractivity contribution is -0.0328. The van der Waals surface area contributed by atoms with Crippen LogP contribution in [0.4, 0.5) is 13.2 Å². The van der Waals surface area contributed by atoms with Crippen LogP contribution < -0.4 is 5.73 Å². The normalized spacial score (nSPS) is 10.9. The fourth-order valence-electron chi connectivity index (χ4n) is 1.38. The van der Waals surface area contributed by atoms with Crippen molar-refractivity contribution >= 4 is 17.7 Å². The van der Waals surface area contributed by atoms with E-state index in [1.807, 2.05) is 0 Å². The molecule has 0 bridgehead atoms. The van der Waals surface area contributed by atoms with Crippen molar-refractivity contribution in [1.82, 2.24) is 0 Å². The van der Waals surface area contributed by atoms with Crippen molar-refractivity contribution < 1.29 is 22.7 Å². The Hall–Kier alpha value is -1.72. The molecule has 102 valence electrons. The number of hydrogen-bond donors (Lipinski definition) is 1. The highest BCUT2D eigenvalue weighted by Gasteiger charge is 2.32. The Bertz CT molecular complexity index is 538. The Kier molecular flexibility index (Phi) is 4.80. The summed E-state index contributed by atoms with van der Waals surface area (Å²) in [5.74, 6) is -0.879. The number of rotatable bonds is 3. The van der Waals surface area contributed by atoms with Crippen molar-refractivity contribution in [3.63, 3.8) is 0 Å². The largest absolute Gasteiger partial charge is 0.465 e. The van der Waals surface area contributed by atoms with E-state index >= 15 is 0 Å². The predicted octanol–water partition coefficient (Wildman–Crippen LogP) is 2.42. The second-order valence-electron chi connectivity index (χ2n) is 3.37. The minimum Gasteiger partial charge on any atom is -0.465 e. The lowest BCUT2D eigenvalue weighted by Gasteiger charge is -2.12. The van der Waals surface area contributed by atoms with Gasteiger partial charge in [-0.15, -0.1) is 0 Å². The number of methoxy groups -OCH3 is 1. The van der Waals surface area contributed by atoms with Gasteiger partial charge in [0.2, 0.25) is 0 Å². The van der Waals surface area contributed by atoms with Gasteiger partial charge in [-0.25, -0.2) is 4.79 Å². The van der Waals surface area contributed by atoms with Gasteiger partial charge in [0, 0.05) is 11.4 Å². The summed E-state index contributed by atoms with van der Waals surface area (Å²) in [6, 6.07) is 3.99. The maximum Gasteiger partial charge on any atom is 0.446 e. The first-order valence-corrected chi connectivity index (χ1v) is 5.75. The molecule has 0 aliphatic heterocycles. The number of carbonyl (C=O) groups is 1. The molecular formula is C11H9F3N2O2S. The number of nitrogens with two attached hydrogens (primary N) is 1. The molecule has 0 saturated heterocycles. The monoisotopic (exact) mass is 290 g/mol. The molecular weight excluding hydrogens is 281 g/mol. The summed E-state index contributed by atoms with van der Waals surface area (Å²) in [4.78, 5) is 11.1. The highest BCUT2D eigenvalue weighted by atomic mass is 32.2. The molecule has 0 aliphatic carbocycles. The summed E-state index contributed by atoms with van der Waals surface area (Å²) in [5, 5.41) is 8.93. The first-order valence-electron chi connectivity index (χ1n) is 4.93. The van der Waals surface area contributed by atoms with Crippen molar-refractivity contribution in [2.45, 2.75) is 16.9 Å². The maximum absolute atomic E-state index is 12.4. The fourth-order valence-corrected chi connectivity index (χ4v) is 2.10. The molecule has 0 radical (unpaired) electrons. The minimum atomic E-state index is -4.56. The van der Waals surface area contributed by atoms with Crippen LogP contribution in [0.1, 0.15) is 21.5 Å². The third-order valence-corrected chi connectivity index (χ3v) is 2.91. The third-order valence-electron chi connectivity index (χ3n) is 2.14. The number of nitrogens with zero attached hydrogens (tertiary/aromatic N) is 1. The van der Waals surface area contributed by atoms with Gasteiger partial charge in [0.05, 0.1) is 18.2 Å². The number of alkyl halides is 3. The SMILES string of the molecule is COC(=O)c1cc(CN)cc(SC(F)(F)F)c1C#N. The van der Waals surface area contributed by atoms with E-state index in [9.17, 15) is 18.0 Å². The van der Waals surface area contributed by atoms with Crippen LogP contribution >= 0.6 is 11.8 Å². The second kappa shape index (κ2) is 5.95. The van der Waals surface area contributed by atoms with E-state index in [1.165, 1.54) is 6.07 Å². The Morgan fingerprint density at radius 3 is 2.58 bits per heavy atom. The molecule has 8 heteroatoms. The number of thioether (sulfide) groups is 1. The van der Waals surface area contributed by atoms with Crippen molar-refractivity contribution in [3.8, 4) is 6.07 Å². The summed E-state index contributed by atoms with van der Waals surface area (Å²) >= 11 is -0.462. The lowest BCUT2D eigenvalue weighted by Crippen LogP contribution is -2.10. The Balaban J connectivity index is 3.44. The molecule has 2 N–H and O–H groups in total. The second-order valence-corrected chi connectivity index (χ2v) is 4.48. The fraction of sp³-hybridized carbons (Fsp3) is 0.273. The standard InChI is InChI=1S/C11H9F3N2O2S/c1-18-10(17)7-2-6(4-15)3-9(8(7)5-16)19-11(12,13)14/h2-3H,4,15H2,1H3. The number of hydrogen-bond acceptors (Lipinski definition) is 5. The minimum absolute atomic E-state index is 0.0544. The van der Waals surface area contributed by atoms with Crippen LogP contribution in [0, 0.1) is 11.3 Å². The first-order chi connectivity index (χ1) is 8.82. The van der Waals surface area contributed by atoms with Crippen LogP contribution in [0.5, 0.6) is 0 Å². The van der Waals surface area contributed by atoms with Crippen LogP contribution in [-0.2, 0) is 11.3 Å². The molecule has 1 aromatic carbocycles. The van der Waals surface area contributed by atoms with Gasteiger partial charge in [-0.1, -0.05) is 0 Å². The Morgan fingerprint density at radius 2 is 2.16 bits per heavy atom. The molecule has 1 rings (SSSR count). The summed E-state index contributed by atoms with van der Waals surface area (Å²) in [5.41, 5.74) is 0.515. The van der Waals surface area contributed by atoms with E-state index in [-0.39, 0.29) is 22.6 Å². The molecule has 0 heterocycles. The summed E-state index contributed by atoms with van der Waals surface area (Å²) < 4.78 is 41.7. The maximum atomic E-state index is 12.4. The topological polar surface area (TPSA) is 76.1 Å². The van der Waals surface area contributed by atoms with E-state index < -0.39 is 23.2 Å². The van der Waals surface area contributed by atoms with Gasteiger partial charge < -0.3 is 10.5 Å². The first kappa shape index (κ1) is 15.3. The average molecular weight is 290 g/mol. The van der Waals surface area contributed by atoms with Gasteiger partial charge in [0.15, 0.2) is 0 Å². The van der Waals surface area contributed by atoms with Gasteiger partial charge in [0.25, 0.3) is 0 Å². The van der Waals surface area contributed by atoms with Gasteiger partial charge in [-0.3, -0.25) is 0 Å². The van der Waals surface area contributed by atoms with Crippen molar-refractivity contribution in [2.75, 3.05) is 7.11 Å². The molecule has 0 aromatic heterocycles. The van der Waals surface area contributed by atoms with E-state index in [0.29, 0.717) is 5.56 Å². The number of ether oxygens (including phenoxy) is 1. The van der Waals surface area contributed by atoms with Gasteiger partial charge in [-0.05, 0) is 29.5 Å². The molecule has 0 unspecified atom stereocenters. The van der Waals surface area contributed by atoms with Gasteiger partial charge >= 0.3 is 11.5 Å². The molecule has 0 amide bonds. The van der Waals surface area contributed by atoms with E-state index in [1.54, 1.807) is 6.07 Å². The van der Waals surface area contributed by atoms with E-state index in [2.05, 4.69) is 4.74 Å². The zero-order chi connectivity index (χ0) is 14.6.